The topological polar surface area (TPSA) is 122 Å². The second-order valence-corrected chi connectivity index (χ2v) is 8.73. The smallest absolute Gasteiger partial charge is 0.338 e. The van der Waals surface area contributed by atoms with Crippen molar-refractivity contribution in [1.82, 2.24) is 4.57 Å². The third-order valence-corrected chi connectivity index (χ3v) is 6.75. The molecule has 0 N–H and O–H groups in total. The number of nitro benzene ring substituents is 1. The predicted molar refractivity (Wildman–Crippen MR) is 126 cm³/mol. The second kappa shape index (κ2) is 8.84. The Balaban J connectivity index is 1.77. The van der Waals surface area contributed by atoms with Crippen LogP contribution in [0.15, 0.2) is 63.5 Å². The molecular formula is C24H19N3O7S. The standard InChI is InChI=1S/C24H19N3O7S/c1-3-15-20(23(29)32-2)21(13-7-5-4-6-8-13)26-22(28)19(35-24(26)25-15)10-14-9-17-18(34-12-33-17)11-16(14)27(30)31/h4-11,21H,3,12H2,1-2H3/b19-10+/t21-/m0/s1. The number of rotatable bonds is 5. The summed E-state index contributed by atoms with van der Waals surface area (Å²) in [5, 5.41) is 11.7. The predicted octanol–water partition coefficient (Wildman–Crippen LogP) is 2.44. The molecule has 1 atom stereocenters. The Morgan fingerprint density at radius 2 is 2.00 bits per heavy atom. The lowest BCUT2D eigenvalue weighted by Crippen LogP contribution is -2.40. The van der Waals surface area contributed by atoms with Crippen LogP contribution in [0.4, 0.5) is 5.69 Å². The molecule has 10 nitrogen and oxygen atoms in total. The Bertz CT molecular complexity index is 1570. The van der Waals surface area contributed by atoms with Crippen LogP contribution in [-0.4, -0.2) is 29.4 Å². The Labute approximate surface area is 202 Å². The van der Waals surface area contributed by atoms with Crippen LogP contribution >= 0.6 is 11.3 Å². The van der Waals surface area contributed by atoms with Crippen LogP contribution in [0.3, 0.4) is 0 Å². The molecule has 35 heavy (non-hydrogen) atoms. The molecule has 2 aliphatic heterocycles. The number of hydrogen-bond acceptors (Lipinski definition) is 9. The Kier molecular flexibility index (Phi) is 5.69. The van der Waals surface area contributed by atoms with Gasteiger partial charge in [-0.3, -0.25) is 19.5 Å². The van der Waals surface area contributed by atoms with Gasteiger partial charge in [0.05, 0.1) is 45.5 Å². The average molecular weight is 493 g/mol. The molecule has 2 aliphatic rings. The number of fused-ring (bicyclic) bond motifs is 2. The molecule has 3 heterocycles. The van der Waals surface area contributed by atoms with Crippen molar-refractivity contribution in [3.05, 3.63) is 94.7 Å². The molecule has 0 spiro atoms. The van der Waals surface area contributed by atoms with Crippen molar-refractivity contribution >= 4 is 29.1 Å². The van der Waals surface area contributed by atoms with Gasteiger partial charge in [-0.1, -0.05) is 48.6 Å². The largest absolute Gasteiger partial charge is 0.466 e. The van der Waals surface area contributed by atoms with Gasteiger partial charge in [0.25, 0.3) is 11.2 Å². The van der Waals surface area contributed by atoms with Gasteiger partial charge in [0.1, 0.15) is 0 Å². The fraction of sp³-hybridized carbons (Fsp3) is 0.208. The number of ether oxygens (including phenoxy) is 3. The number of allylic oxidation sites excluding steroid dienone is 1. The molecule has 5 rings (SSSR count). The molecule has 1 aromatic heterocycles. The first-order chi connectivity index (χ1) is 16.9. The Hall–Kier alpha value is -4.25. The number of benzene rings is 2. The first-order valence-electron chi connectivity index (χ1n) is 10.7. The van der Waals surface area contributed by atoms with Crippen LogP contribution in [-0.2, 0) is 9.53 Å². The number of nitro groups is 1. The minimum Gasteiger partial charge on any atom is -0.466 e. The highest BCUT2D eigenvalue weighted by Gasteiger charge is 2.34. The molecule has 0 radical (unpaired) electrons. The van der Waals surface area contributed by atoms with E-state index in [1.165, 1.54) is 29.9 Å². The maximum atomic E-state index is 13.6. The summed E-state index contributed by atoms with van der Waals surface area (Å²) in [5.41, 5.74) is 1.08. The number of methoxy groups -OCH3 is 1. The van der Waals surface area contributed by atoms with Crippen molar-refractivity contribution in [3.8, 4) is 11.5 Å². The Morgan fingerprint density at radius 1 is 1.29 bits per heavy atom. The SMILES string of the molecule is CCC1=C(C(=O)OC)[C@H](c2ccccc2)n2c(s/c(=C/c3cc4c(cc3[N+](=O)[O-])OCO4)c2=O)=N1. The zero-order valence-corrected chi connectivity index (χ0v) is 19.5. The summed E-state index contributed by atoms with van der Waals surface area (Å²) in [6.45, 7) is 1.83. The molecule has 0 unspecified atom stereocenters. The zero-order valence-electron chi connectivity index (χ0n) is 18.7. The first kappa shape index (κ1) is 22.5. The van der Waals surface area contributed by atoms with Crippen LogP contribution in [0.1, 0.15) is 30.5 Å². The van der Waals surface area contributed by atoms with Gasteiger partial charge in [0.2, 0.25) is 6.79 Å². The zero-order chi connectivity index (χ0) is 24.7. The lowest BCUT2D eigenvalue weighted by atomic mass is 9.95. The highest BCUT2D eigenvalue weighted by Crippen LogP contribution is 2.38. The van der Waals surface area contributed by atoms with Crippen molar-refractivity contribution in [2.75, 3.05) is 13.9 Å². The fourth-order valence-corrected chi connectivity index (χ4v) is 5.19. The van der Waals surface area contributed by atoms with E-state index in [0.717, 1.165) is 16.9 Å². The van der Waals surface area contributed by atoms with E-state index < -0.39 is 22.5 Å². The van der Waals surface area contributed by atoms with Crippen LogP contribution in [0, 0.1) is 10.1 Å². The number of carbonyl (C=O) groups is 1. The number of nitrogens with zero attached hydrogens (tertiary/aromatic N) is 3. The molecule has 3 aromatic rings. The van der Waals surface area contributed by atoms with Crippen molar-refractivity contribution in [1.29, 1.82) is 0 Å². The molecule has 0 saturated heterocycles. The van der Waals surface area contributed by atoms with E-state index in [4.69, 9.17) is 14.2 Å². The van der Waals surface area contributed by atoms with E-state index >= 15 is 0 Å². The van der Waals surface area contributed by atoms with Crippen LogP contribution in [0.5, 0.6) is 11.5 Å². The van der Waals surface area contributed by atoms with E-state index in [1.807, 2.05) is 37.3 Å². The minimum atomic E-state index is -0.747. The molecule has 2 aromatic carbocycles. The molecule has 11 heteroatoms. The summed E-state index contributed by atoms with van der Waals surface area (Å²) >= 11 is 1.10. The molecular weight excluding hydrogens is 474 g/mol. The lowest BCUT2D eigenvalue weighted by Gasteiger charge is -2.25. The van der Waals surface area contributed by atoms with Crippen molar-refractivity contribution < 1.29 is 23.9 Å². The summed E-state index contributed by atoms with van der Waals surface area (Å²) in [4.78, 5) is 42.6. The van der Waals surface area contributed by atoms with Crippen LogP contribution in [0.25, 0.3) is 6.08 Å². The molecule has 0 amide bonds. The van der Waals surface area contributed by atoms with E-state index in [9.17, 15) is 19.7 Å². The Morgan fingerprint density at radius 3 is 2.66 bits per heavy atom. The van der Waals surface area contributed by atoms with E-state index in [0.29, 0.717) is 22.7 Å². The summed E-state index contributed by atoms with van der Waals surface area (Å²) in [6, 6.07) is 11.1. The molecule has 178 valence electrons. The summed E-state index contributed by atoms with van der Waals surface area (Å²) in [5.74, 6) is 0.0628. The maximum Gasteiger partial charge on any atom is 0.338 e. The third kappa shape index (κ3) is 3.79. The van der Waals surface area contributed by atoms with Crippen molar-refractivity contribution in [3.63, 3.8) is 0 Å². The molecule has 0 aliphatic carbocycles. The number of carbonyl (C=O) groups excluding carboxylic acids is 1. The lowest BCUT2D eigenvalue weighted by molar-refractivity contribution is -0.385. The highest BCUT2D eigenvalue weighted by molar-refractivity contribution is 7.07. The maximum absolute atomic E-state index is 13.6. The van der Waals surface area contributed by atoms with E-state index in [-0.39, 0.29) is 33.9 Å². The van der Waals surface area contributed by atoms with Crippen molar-refractivity contribution in [2.45, 2.75) is 19.4 Å². The monoisotopic (exact) mass is 493 g/mol. The van der Waals surface area contributed by atoms with Gasteiger partial charge in [-0.05, 0) is 24.1 Å². The third-order valence-electron chi connectivity index (χ3n) is 5.77. The summed E-state index contributed by atoms with van der Waals surface area (Å²) in [7, 11) is 1.29. The molecule has 0 saturated carbocycles. The first-order valence-corrected chi connectivity index (χ1v) is 11.5. The number of esters is 1. The summed E-state index contributed by atoms with van der Waals surface area (Å²) in [6.07, 6.45) is 1.89. The minimum absolute atomic E-state index is 0.0364. The number of hydrogen-bond donors (Lipinski definition) is 0. The van der Waals surface area contributed by atoms with Gasteiger partial charge in [0.15, 0.2) is 16.3 Å². The summed E-state index contributed by atoms with van der Waals surface area (Å²) < 4.78 is 17.3. The van der Waals surface area contributed by atoms with E-state index in [2.05, 4.69) is 4.99 Å². The van der Waals surface area contributed by atoms with Gasteiger partial charge in [-0.2, -0.15) is 0 Å². The van der Waals surface area contributed by atoms with Crippen molar-refractivity contribution in [2.24, 2.45) is 4.99 Å². The quantitative estimate of drug-likeness (QED) is 0.304. The van der Waals surface area contributed by atoms with Crippen LogP contribution < -0.4 is 24.4 Å². The van der Waals surface area contributed by atoms with E-state index in [1.54, 1.807) is 0 Å². The van der Waals surface area contributed by atoms with Gasteiger partial charge in [0, 0.05) is 0 Å². The van der Waals surface area contributed by atoms with Gasteiger partial charge >= 0.3 is 5.97 Å². The van der Waals surface area contributed by atoms with Crippen LogP contribution in [0.2, 0.25) is 0 Å². The number of thiazole rings is 1. The molecule has 0 fully saturated rings. The van der Waals surface area contributed by atoms with Gasteiger partial charge < -0.3 is 14.2 Å². The second-order valence-electron chi connectivity index (χ2n) is 7.72. The highest BCUT2D eigenvalue weighted by atomic mass is 32.1. The van der Waals surface area contributed by atoms with Gasteiger partial charge in [-0.15, -0.1) is 0 Å². The normalized spacial score (nSPS) is 16.6. The van der Waals surface area contributed by atoms with Gasteiger partial charge in [-0.25, -0.2) is 9.79 Å². The number of aromatic nitrogens is 1. The average Bonchev–Trinajstić information content (AvgIpc) is 3.45. The fourth-order valence-electron chi connectivity index (χ4n) is 4.18. The molecule has 0 bridgehead atoms.